The van der Waals surface area contributed by atoms with E-state index in [9.17, 15) is 9.59 Å². The molecule has 2 aromatic rings. The highest BCUT2D eigenvalue weighted by Crippen LogP contribution is 2.22. The zero-order chi connectivity index (χ0) is 19.9. The first kappa shape index (κ1) is 20.1. The first-order chi connectivity index (χ1) is 13.5. The normalized spacial score (nSPS) is 14.7. The van der Waals surface area contributed by atoms with Crippen LogP contribution in [0.3, 0.4) is 0 Å². The lowest BCUT2D eigenvalue weighted by atomic mass is 9.90. The number of hydrogen-bond donors (Lipinski definition) is 1. The molecule has 4 nitrogen and oxygen atoms in total. The number of amides is 2. The van der Waals surface area contributed by atoms with Crippen molar-refractivity contribution in [2.45, 2.75) is 39.5 Å². The Labute approximate surface area is 167 Å². The molecular formula is C24H30N2O2. The molecule has 4 heteroatoms. The number of rotatable bonds is 6. The van der Waals surface area contributed by atoms with E-state index in [1.165, 1.54) is 17.5 Å². The maximum absolute atomic E-state index is 12.4. The molecule has 0 unspecified atom stereocenters. The molecule has 1 aliphatic heterocycles. The van der Waals surface area contributed by atoms with Crippen LogP contribution in [0.25, 0.3) is 0 Å². The molecule has 0 bridgehead atoms. The van der Waals surface area contributed by atoms with Crippen molar-refractivity contribution in [2.24, 2.45) is 5.92 Å². The molecule has 0 spiro atoms. The molecule has 2 aromatic carbocycles. The Kier molecular flexibility index (Phi) is 6.85. The predicted octanol–water partition coefficient (Wildman–Crippen LogP) is 3.90. The summed E-state index contributed by atoms with van der Waals surface area (Å²) in [5.74, 6) is 0.496. The van der Waals surface area contributed by atoms with Gasteiger partial charge in [-0.2, -0.15) is 0 Å². The largest absolute Gasteiger partial charge is 0.343 e. The Morgan fingerprint density at radius 2 is 1.71 bits per heavy atom. The van der Waals surface area contributed by atoms with Gasteiger partial charge < -0.3 is 10.2 Å². The highest BCUT2D eigenvalue weighted by atomic mass is 16.2. The number of likely N-dealkylation sites (tertiary alicyclic amines) is 1. The third-order valence-corrected chi connectivity index (χ3v) is 5.61. The molecule has 1 fully saturated rings. The van der Waals surface area contributed by atoms with E-state index in [0.717, 1.165) is 37.9 Å². The smallest absolute Gasteiger partial charge is 0.251 e. The van der Waals surface area contributed by atoms with Crippen molar-refractivity contribution in [3.63, 3.8) is 0 Å². The lowest BCUT2D eigenvalue weighted by Gasteiger charge is -2.32. The Bertz CT molecular complexity index is 806. The molecule has 148 valence electrons. The van der Waals surface area contributed by atoms with Crippen LogP contribution in [0.5, 0.6) is 0 Å². The van der Waals surface area contributed by atoms with E-state index in [2.05, 4.69) is 36.5 Å². The van der Waals surface area contributed by atoms with Crippen molar-refractivity contribution in [1.82, 2.24) is 10.2 Å². The fourth-order valence-corrected chi connectivity index (χ4v) is 3.75. The monoisotopic (exact) mass is 378 g/mol. The third-order valence-electron chi connectivity index (χ3n) is 5.61. The van der Waals surface area contributed by atoms with Crippen LogP contribution in [0.4, 0.5) is 0 Å². The van der Waals surface area contributed by atoms with E-state index in [1.54, 1.807) is 6.07 Å². The number of nitrogens with one attached hydrogen (secondary N) is 1. The van der Waals surface area contributed by atoms with E-state index in [0.29, 0.717) is 11.5 Å². The second kappa shape index (κ2) is 9.54. The first-order valence-electron chi connectivity index (χ1n) is 10.2. The average molecular weight is 379 g/mol. The molecule has 0 aliphatic carbocycles. The van der Waals surface area contributed by atoms with Crippen LogP contribution in [0.2, 0.25) is 0 Å². The summed E-state index contributed by atoms with van der Waals surface area (Å²) in [5, 5.41) is 2.76. The first-order valence-corrected chi connectivity index (χ1v) is 10.2. The Hall–Kier alpha value is -2.62. The summed E-state index contributed by atoms with van der Waals surface area (Å²) < 4.78 is 0. The molecule has 1 N–H and O–H groups in total. The van der Waals surface area contributed by atoms with Gasteiger partial charge >= 0.3 is 0 Å². The lowest BCUT2D eigenvalue weighted by Crippen LogP contribution is -2.44. The predicted molar refractivity (Wildman–Crippen MR) is 112 cm³/mol. The van der Waals surface area contributed by atoms with Crippen LogP contribution < -0.4 is 5.32 Å². The number of nitrogens with zero attached hydrogens (tertiary/aromatic N) is 1. The van der Waals surface area contributed by atoms with Gasteiger partial charge in [-0.25, -0.2) is 0 Å². The molecule has 3 rings (SSSR count). The summed E-state index contributed by atoms with van der Waals surface area (Å²) in [4.78, 5) is 26.5. The maximum atomic E-state index is 12.4. The second-order valence-corrected chi connectivity index (χ2v) is 7.90. The Morgan fingerprint density at radius 1 is 1.00 bits per heavy atom. The minimum absolute atomic E-state index is 0.0120. The lowest BCUT2D eigenvalue weighted by molar-refractivity contribution is -0.131. The van der Waals surface area contributed by atoms with E-state index < -0.39 is 0 Å². The maximum Gasteiger partial charge on any atom is 0.251 e. The molecular weight excluding hydrogens is 348 g/mol. The molecule has 28 heavy (non-hydrogen) atoms. The number of hydrogen-bond acceptors (Lipinski definition) is 2. The summed E-state index contributed by atoms with van der Waals surface area (Å²) in [7, 11) is 0. The standard InChI is InChI=1S/C24H30N2O2/c1-18-6-8-20(9-7-18)10-11-21-12-14-26(15-13-21)23(27)17-25-24(28)22-5-3-4-19(2)16-22/h3-9,16,21H,10-15,17H2,1-2H3,(H,25,28). The van der Waals surface area contributed by atoms with Crippen molar-refractivity contribution in [1.29, 1.82) is 0 Å². The zero-order valence-corrected chi connectivity index (χ0v) is 16.9. The van der Waals surface area contributed by atoms with Crippen LogP contribution in [0.1, 0.15) is 46.3 Å². The molecule has 1 heterocycles. The van der Waals surface area contributed by atoms with Gasteiger partial charge in [-0.3, -0.25) is 9.59 Å². The van der Waals surface area contributed by atoms with Crippen LogP contribution in [0.15, 0.2) is 48.5 Å². The Morgan fingerprint density at radius 3 is 2.39 bits per heavy atom. The fraction of sp³-hybridized carbons (Fsp3) is 0.417. The van der Waals surface area contributed by atoms with Crippen molar-refractivity contribution in [2.75, 3.05) is 19.6 Å². The van der Waals surface area contributed by atoms with Gasteiger partial charge in [0.2, 0.25) is 5.91 Å². The van der Waals surface area contributed by atoms with Crippen molar-refractivity contribution in [3.8, 4) is 0 Å². The molecule has 0 saturated carbocycles. The number of carbonyl (C=O) groups is 2. The van der Waals surface area contributed by atoms with Crippen molar-refractivity contribution >= 4 is 11.8 Å². The van der Waals surface area contributed by atoms with Gasteiger partial charge in [-0.05, 0) is 63.1 Å². The van der Waals surface area contributed by atoms with Crippen molar-refractivity contribution in [3.05, 3.63) is 70.8 Å². The van der Waals surface area contributed by atoms with Crippen LogP contribution in [0, 0.1) is 19.8 Å². The number of benzene rings is 2. The number of aryl methyl sites for hydroxylation is 3. The SMILES string of the molecule is Cc1ccc(CCC2CCN(C(=O)CNC(=O)c3cccc(C)c3)CC2)cc1. The highest BCUT2D eigenvalue weighted by molar-refractivity contribution is 5.96. The summed E-state index contributed by atoms with van der Waals surface area (Å²) in [6, 6.07) is 16.2. The van der Waals surface area contributed by atoms with Crippen molar-refractivity contribution < 1.29 is 9.59 Å². The second-order valence-electron chi connectivity index (χ2n) is 7.90. The summed E-state index contributed by atoms with van der Waals surface area (Å²) in [6.45, 7) is 5.71. The van der Waals surface area contributed by atoms with Gasteiger partial charge in [0.05, 0.1) is 6.54 Å². The molecule has 1 saturated heterocycles. The van der Waals surface area contributed by atoms with Crippen LogP contribution in [-0.4, -0.2) is 36.3 Å². The fourth-order valence-electron chi connectivity index (χ4n) is 3.75. The Balaban J connectivity index is 1.38. The quantitative estimate of drug-likeness (QED) is 0.829. The number of carbonyl (C=O) groups excluding carboxylic acids is 2. The molecule has 2 amide bonds. The molecule has 0 radical (unpaired) electrons. The van der Waals surface area contributed by atoms with Crippen LogP contribution >= 0.6 is 0 Å². The molecule has 0 aromatic heterocycles. The molecule has 1 aliphatic rings. The van der Waals surface area contributed by atoms with Gasteiger partial charge in [0.25, 0.3) is 5.91 Å². The molecule has 0 atom stereocenters. The van der Waals surface area contributed by atoms with Gasteiger partial charge in [0.15, 0.2) is 0 Å². The van der Waals surface area contributed by atoms with Gasteiger partial charge in [0.1, 0.15) is 0 Å². The summed E-state index contributed by atoms with van der Waals surface area (Å²) in [6.07, 6.45) is 4.37. The van der Waals surface area contributed by atoms with E-state index in [4.69, 9.17) is 0 Å². The van der Waals surface area contributed by atoms with Gasteiger partial charge in [0, 0.05) is 18.7 Å². The third kappa shape index (κ3) is 5.69. The number of piperidine rings is 1. The topological polar surface area (TPSA) is 49.4 Å². The highest BCUT2D eigenvalue weighted by Gasteiger charge is 2.23. The average Bonchev–Trinajstić information content (AvgIpc) is 2.71. The van der Waals surface area contributed by atoms with Gasteiger partial charge in [-0.1, -0.05) is 47.5 Å². The zero-order valence-electron chi connectivity index (χ0n) is 16.9. The van der Waals surface area contributed by atoms with E-state index in [1.807, 2.05) is 30.0 Å². The van der Waals surface area contributed by atoms with Gasteiger partial charge in [-0.15, -0.1) is 0 Å². The minimum Gasteiger partial charge on any atom is -0.343 e. The summed E-state index contributed by atoms with van der Waals surface area (Å²) in [5.41, 5.74) is 4.32. The minimum atomic E-state index is -0.190. The van der Waals surface area contributed by atoms with Crippen LogP contribution in [-0.2, 0) is 11.2 Å². The summed E-state index contributed by atoms with van der Waals surface area (Å²) >= 11 is 0. The van der Waals surface area contributed by atoms with E-state index in [-0.39, 0.29) is 18.4 Å². The van der Waals surface area contributed by atoms with E-state index >= 15 is 0 Å².